The molecular weight excluding hydrogens is 150 g/mol. The average Bonchev–Trinajstić information content (AvgIpc) is 1.82. The summed E-state index contributed by atoms with van der Waals surface area (Å²) < 4.78 is 0. The lowest BCUT2D eigenvalue weighted by molar-refractivity contribution is 0.544. The zero-order valence-electron chi connectivity index (χ0n) is 8.05. The molecule has 0 saturated carbocycles. The number of hydrogen-bond acceptors (Lipinski definition) is 3. The Morgan fingerprint density at radius 2 is 1.83 bits per heavy atom. The molecule has 0 aliphatic carbocycles. The molecule has 0 saturated heterocycles. The van der Waals surface area contributed by atoms with Crippen LogP contribution in [0.3, 0.4) is 0 Å². The molecule has 1 aromatic rings. The second-order valence-electron chi connectivity index (χ2n) is 4.01. The molecule has 3 heteroatoms. The lowest BCUT2D eigenvalue weighted by Gasteiger charge is -2.16. The van der Waals surface area contributed by atoms with Crippen molar-refractivity contribution in [2.45, 2.75) is 33.1 Å². The standard InChI is InChI=1S/C9H15N3/c1-6-5-7(10)12-8(11-6)9(2,3)4/h5H,1-4H3,(H2,10,11,12). The molecule has 1 aromatic heterocycles. The highest BCUT2D eigenvalue weighted by molar-refractivity contribution is 5.30. The third kappa shape index (κ3) is 1.94. The van der Waals surface area contributed by atoms with Gasteiger partial charge in [0.1, 0.15) is 11.6 Å². The SMILES string of the molecule is Cc1cc(N)nc(C(C)(C)C)n1. The van der Waals surface area contributed by atoms with Crippen molar-refractivity contribution in [1.82, 2.24) is 9.97 Å². The topological polar surface area (TPSA) is 51.8 Å². The molecule has 0 amide bonds. The minimum absolute atomic E-state index is 0.0276. The summed E-state index contributed by atoms with van der Waals surface area (Å²) in [6, 6.07) is 1.77. The Morgan fingerprint density at radius 1 is 1.25 bits per heavy atom. The molecule has 0 aromatic carbocycles. The zero-order chi connectivity index (χ0) is 9.35. The molecule has 1 rings (SSSR count). The summed E-state index contributed by atoms with van der Waals surface area (Å²) in [5.41, 5.74) is 6.50. The van der Waals surface area contributed by atoms with Crippen LogP contribution >= 0.6 is 0 Å². The number of aryl methyl sites for hydroxylation is 1. The van der Waals surface area contributed by atoms with Gasteiger partial charge in [-0.15, -0.1) is 0 Å². The van der Waals surface area contributed by atoms with E-state index in [4.69, 9.17) is 5.73 Å². The molecule has 2 N–H and O–H groups in total. The summed E-state index contributed by atoms with van der Waals surface area (Å²) in [4.78, 5) is 8.49. The van der Waals surface area contributed by atoms with E-state index < -0.39 is 0 Å². The number of hydrogen-bond donors (Lipinski definition) is 1. The van der Waals surface area contributed by atoms with Crippen LogP contribution in [-0.2, 0) is 5.41 Å². The zero-order valence-corrected chi connectivity index (χ0v) is 8.05. The maximum absolute atomic E-state index is 5.60. The van der Waals surface area contributed by atoms with Gasteiger partial charge < -0.3 is 5.73 Å². The summed E-state index contributed by atoms with van der Waals surface area (Å²) in [5, 5.41) is 0. The fourth-order valence-electron chi connectivity index (χ4n) is 0.928. The summed E-state index contributed by atoms with van der Waals surface area (Å²) >= 11 is 0. The second kappa shape index (κ2) is 2.73. The third-order valence-electron chi connectivity index (χ3n) is 1.54. The van der Waals surface area contributed by atoms with Crippen LogP contribution in [0.1, 0.15) is 32.3 Å². The van der Waals surface area contributed by atoms with Crippen LogP contribution in [0, 0.1) is 6.92 Å². The number of nitrogens with zero attached hydrogens (tertiary/aromatic N) is 2. The average molecular weight is 165 g/mol. The van der Waals surface area contributed by atoms with Crippen molar-refractivity contribution in [3.63, 3.8) is 0 Å². The number of nitrogen functional groups attached to an aromatic ring is 1. The highest BCUT2D eigenvalue weighted by atomic mass is 15.0. The van der Waals surface area contributed by atoms with Crippen LogP contribution in [0.15, 0.2) is 6.07 Å². The van der Waals surface area contributed by atoms with E-state index in [9.17, 15) is 0 Å². The van der Waals surface area contributed by atoms with Gasteiger partial charge in [-0.3, -0.25) is 0 Å². The van der Waals surface area contributed by atoms with E-state index in [1.54, 1.807) is 6.07 Å². The molecule has 3 nitrogen and oxygen atoms in total. The number of aromatic nitrogens is 2. The molecule has 0 aliphatic rings. The first-order valence-electron chi connectivity index (χ1n) is 4.01. The second-order valence-corrected chi connectivity index (χ2v) is 4.01. The molecule has 0 fully saturated rings. The van der Waals surface area contributed by atoms with Crippen molar-refractivity contribution in [2.75, 3.05) is 5.73 Å². The van der Waals surface area contributed by atoms with Gasteiger partial charge in [0, 0.05) is 17.2 Å². The molecule has 0 atom stereocenters. The fraction of sp³-hybridized carbons (Fsp3) is 0.556. The Bertz CT molecular complexity index is 266. The fourth-order valence-corrected chi connectivity index (χ4v) is 0.928. The van der Waals surface area contributed by atoms with E-state index in [0.29, 0.717) is 5.82 Å². The van der Waals surface area contributed by atoms with Gasteiger partial charge in [-0.25, -0.2) is 9.97 Å². The predicted molar refractivity (Wildman–Crippen MR) is 49.9 cm³/mol. The van der Waals surface area contributed by atoms with E-state index >= 15 is 0 Å². The number of nitrogens with two attached hydrogens (primary N) is 1. The Labute approximate surface area is 73.0 Å². The lowest BCUT2D eigenvalue weighted by atomic mass is 9.95. The third-order valence-corrected chi connectivity index (χ3v) is 1.54. The molecule has 0 bridgehead atoms. The van der Waals surface area contributed by atoms with Gasteiger partial charge in [-0.05, 0) is 6.92 Å². The monoisotopic (exact) mass is 165 g/mol. The van der Waals surface area contributed by atoms with Gasteiger partial charge >= 0.3 is 0 Å². The summed E-state index contributed by atoms with van der Waals surface area (Å²) in [6.45, 7) is 8.14. The molecule has 1 heterocycles. The van der Waals surface area contributed by atoms with Crippen molar-refractivity contribution in [3.05, 3.63) is 17.6 Å². The first-order chi connectivity index (χ1) is 5.39. The maximum atomic E-state index is 5.60. The van der Waals surface area contributed by atoms with E-state index in [1.165, 1.54) is 0 Å². The van der Waals surface area contributed by atoms with Gasteiger partial charge in [-0.2, -0.15) is 0 Å². The van der Waals surface area contributed by atoms with Gasteiger partial charge in [0.25, 0.3) is 0 Å². The molecule has 0 radical (unpaired) electrons. The predicted octanol–water partition coefficient (Wildman–Crippen LogP) is 1.66. The number of anilines is 1. The minimum Gasteiger partial charge on any atom is -0.384 e. The molecule has 0 unspecified atom stereocenters. The normalized spacial score (nSPS) is 11.7. The lowest BCUT2D eigenvalue weighted by Crippen LogP contribution is -2.17. The van der Waals surface area contributed by atoms with Crippen molar-refractivity contribution in [3.8, 4) is 0 Å². The van der Waals surface area contributed by atoms with Crippen LogP contribution in [0.4, 0.5) is 5.82 Å². The Hall–Kier alpha value is -1.12. The van der Waals surface area contributed by atoms with Gasteiger partial charge in [0.15, 0.2) is 0 Å². The van der Waals surface area contributed by atoms with Crippen LogP contribution in [0.5, 0.6) is 0 Å². The minimum atomic E-state index is -0.0276. The highest BCUT2D eigenvalue weighted by Gasteiger charge is 2.17. The van der Waals surface area contributed by atoms with Gasteiger partial charge in [0.2, 0.25) is 0 Å². The van der Waals surface area contributed by atoms with E-state index in [1.807, 2.05) is 6.92 Å². The maximum Gasteiger partial charge on any atom is 0.136 e. The van der Waals surface area contributed by atoms with E-state index in [-0.39, 0.29) is 5.41 Å². The van der Waals surface area contributed by atoms with Crippen LogP contribution in [-0.4, -0.2) is 9.97 Å². The van der Waals surface area contributed by atoms with Crippen molar-refractivity contribution < 1.29 is 0 Å². The summed E-state index contributed by atoms with van der Waals surface area (Å²) in [5.74, 6) is 1.35. The molecule has 12 heavy (non-hydrogen) atoms. The first kappa shape index (κ1) is 8.97. The Morgan fingerprint density at radius 3 is 2.25 bits per heavy atom. The van der Waals surface area contributed by atoms with Crippen LogP contribution in [0.2, 0.25) is 0 Å². The highest BCUT2D eigenvalue weighted by Crippen LogP contribution is 2.18. The van der Waals surface area contributed by atoms with Crippen molar-refractivity contribution >= 4 is 5.82 Å². The van der Waals surface area contributed by atoms with E-state index in [0.717, 1.165) is 11.5 Å². The first-order valence-corrected chi connectivity index (χ1v) is 4.01. The van der Waals surface area contributed by atoms with Crippen LogP contribution in [0.25, 0.3) is 0 Å². The quantitative estimate of drug-likeness (QED) is 0.636. The molecular formula is C9H15N3. The van der Waals surface area contributed by atoms with Crippen molar-refractivity contribution in [1.29, 1.82) is 0 Å². The Kier molecular flexibility index (Phi) is 2.04. The smallest absolute Gasteiger partial charge is 0.136 e. The van der Waals surface area contributed by atoms with Crippen LogP contribution < -0.4 is 5.73 Å². The van der Waals surface area contributed by atoms with Gasteiger partial charge in [0.05, 0.1) is 0 Å². The Balaban J connectivity index is 3.18. The largest absolute Gasteiger partial charge is 0.384 e. The van der Waals surface area contributed by atoms with Crippen molar-refractivity contribution in [2.24, 2.45) is 0 Å². The summed E-state index contributed by atoms with van der Waals surface area (Å²) in [6.07, 6.45) is 0. The van der Waals surface area contributed by atoms with E-state index in [2.05, 4.69) is 30.7 Å². The number of rotatable bonds is 0. The summed E-state index contributed by atoms with van der Waals surface area (Å²) in [7, 11) is 0. The molecule has 0 aliphatic heterocycles. The van der Waals surface area contributed by atoms with Gasteiger partial charge in [-0.1, -0.05) is 20.8 Å². The molecule has 66 valence electrons. The molecule has 0 spiro atoms.